The van der Waals surface area contributed by atoms with Crippen LogP contribution < -0.4 is 9.63 Å². The lowest BCUT2D eigenvalue weighted by Gasteiger charge is -2.29. The number of carbonyl (C=O) groups is 2. The molecule has 2 atom stereocenters. The molecule has 0 heterocycles. The topological polar surface area (TPSA) is 120 Å². The predicted octanol–water partition coefficient (Wildman–Crippen LogP) is 2.25. The Morgan fingerprint density at radius 2 is 1.69 bits per heavy atom. The highest BCUT2D eigenvalue weighted by Gasteiger charge is 2.23. The molecular weight excluding hydrogens is 786 g/mol. The van der Waals surface area contributed by atoms with Crippen molar-refractivity contribution in [2.75, 3.05) is 54.1 Å². The first-order valence-corrected chi connectivity index (χ1v) is 13.7. The zero-order valence-corrected chi connectivity index (χ0v) is 24.9. The van der Waals surface area contributed by atoms with E-state index in [4.69, 9.17) is 25.4 Å². The minimum atomic E-state index is -4.75. The van der Waals surface area contributed by atoms with E-state index >= 15 is 0 Å². The van der Waals surface area contributed by atoms with E-state index < -0.39 is 45.7 Å². The van der Waals surface area contributed by atoms with Crippen molar-refractivity contribution in [2.24, 2.45) is 0 Å². The van der Waals surface area contributed by atoms with Crippen molar-refractivity contribution < 1.29 is 46.8 Å². The van der Waals surface area contributed by atoms with Crippen molar-refractivity contribution >= 4 is 87.5 Å². The molecule has 32 heavy (non-hydrogen) atoms. The zero-order chi connectivity index (χ0) is 24.5. The molecule has 1 aromatic carbocycles. The van der Waals surface area contributed by atoms with E-state index in [2.05, 4.69) is 72.5 Å². The van der Waals surface area contributed by atoms with Crippen LogP contribution in [0.1, 0.15) is 0 Å². The summed E-state index contributed by atoms with van der Waals surface area (Å²) in [5, 5.41) is 0. The number of phosphoric ester groups is 1. The summed E-state index contributed by atoms with van der Waals surface area (Å²) in [5.74, 6) is -1.37. The lowest BCUT2D eigenvalue weighted by Crippen LogP contribution is -2.38. The Labute approximate surface area is 228 Å². The Kier molecular flexibility index (Phi) is 13.2. The molecule has 0 bridgehead atoms. The van der Waals surface area contributed by atoms with Gasteiger partial charge in [0, 0.05) is 3.57 Å². The number of nitrogens with zero attached hydrogens (tertiary/aromatic N) is 1. The number of quaternary nitrogens is 1. The highest BCUT2D eigenvalue weighted by Crippen LogP contribution is 2.40. The molecule has 1 aromatic rings. The minimum Gasteiger partial charge on any atom is -0.756 e. The first kappa shape index (κ1) is 30.3. The number of likely N-dealkylation sites (N-methyl/N-ethyl adjacent to an activating group) is 1. The molecule has 0 fully saturated rings. The predicted molar refractivity (Wildman–Crippen MR) is 138 cm³/mol. The van der Waals surface area contributed by atoms with Gasteiger partial charge in [-0.3, -0.25) is 9.36 Å². The second-order valence-corrected chi connectivity index (χ2v) is 12.3. The van der Waals surface area contributed by atoms with Crippen LogP contribution in [0.2, 0.25) is 0 Å². The normalized spacial score (nSPS) is 14.4. The number of phosphoric acid groups is 1. The highest BCUT2D eigenvalue weighted by atomic mass is 127. The minimum absolute atomic E-state index is 0.116. The van der Waals surface area contributed by atoms with Crippen LogP contribution in [0, 0.1) is 17.6 Å². The Morgan fingerprint density at radius 1 is 1.12 bits per heavy atom. The molecule has 0 spiro atoms. The molecule has 2 radical (unpaired) electrons. The van der Waals surface area contributed by atoms with Crippen LogP contribution in [-0.4, -0.2) is 76.6 Å². The summed E-state index contributed by atoms with van der Waals surface area (Å²) in [6, 6.07) is 3.78. The Morgan fingerprint density at radius 3 is 2.22 bits per heavy atom. The molecule has 0 saturated heterocycles. The maximum absolute atomic E-state index is 12.1. The molecule has 0 aliphatic rings. The second-order valence-electron chi connectivity index (χ2n) is 7.32. The number of carbonyl (C=O) groups excluding carboxylic acids is 2. The van der Waals surface area contributed by atoms with Gasteiger partial charge in [0.2, 0.25) is 0 Å². The van der Waals surface area contributed by atoms with Crippen LogP contribution in [0.4, 0.5) is 0 Å². The first-order valence-electron chi connectivity index (χ1n) is 8.98. The van der Waals surface area contributed by atoms with Crippen LogP contribution in [0.3, 0.4) is 0 Å². The molecule has 0 aliphatic heterocycles. The van der Waals surface area contributed by atoms with E-state index in [9.17, 15) is 19.0 Å². The average molecular weight is 809 g/mol. The van der Waals surface area contributed by atoms with Crippen LogP contribution >= 0.6 is 75.6 Å². The van der Waals surface area contributed by atoms with Gasteiger partial charge in [-0.05, 0) is 79.9 Å². The summed E-state index contributed by atoms with van der Waals surface area (Å²) < 4.78 is 40.0. The summed E-state index contributed by atoms with van der Waals surface area (Å²) in [5.41, 5.74) is 0. The molecule has 2 unspecified atom stereocenters. The third-order valence-electron chi connectivity index (χ3n) is 3.43. The summed E-state index contributed by atoms with van der Waals surface area (Å²) in [4.78, 5) is 35.0. The number of hydrogen-bond acceptors (Lipinski definition) is 9. The van der Waals surface area contributed by atoms with E-state index in [1.54, 1.807) is 0 Å². The van der Waals surface area contributed by atoms with Crippen LogP contribution in [0.5, 0.6) is 5.75 Å². The third kappa shape index (κ3) is 13.2. The molecule has 0 N–H and O–H groups in total. The summed E-state index contributed by atoms with van der Waals surface area (Å²) in [7, 11) is 0.840. The third-order valence-corrected chi connectivity index (χ3v) is 6.71. The van der Waals surface area contributed by atoms with Gasteiger partial charge in [0.1, 0.15) is 38.2 Å². The maximum atomic E-state index is 12.1. The number of benzene rings is 1. The van der Waals surface area contributed by atoms with Gasteiger partial charge in [0.15, 0.2) is 6.61 Å². The molecule has 14 heteroatoms. The molecule has 0 aromatic heterocycles. The van der Waals surface area contributed by atoms with E-state index in [-0.39, 0.29) is 6.61 Å². The lowest BCUT2D eigenvalue weighted by atomic mass is 10.3. The number of rotatable bonds is 13. The van der Waals surface area contributed by atoms with Crippen LogP contribution in [-0.2, 0) is 32.7 Å². The zero-order valence-electron chi connectivity index (χ0n) is 17.5. The standard InChI is InChI=1S/C18H23I3NO9P/c1-12(23)27-9-14(31-32(25,26)30-6-5-22(2,3)4)10-28-17(24)11-29-18-15(20)7-13(19)8-16(18)21/h1,7-8,14H,5-6,9-11H2,2-4H3. The van der Waals surface area contributed by atoms with Crippen LogP contribution in [0.25, 0.3) is 0 Å². The van der Waals surface area contributed by atoms with Gasteiger partial charge in [0.05, 0.1) is 35.2 Å². The van der Waals surface area contributed by atoms with E-state index in [0.29, 0.717) is 16.8 Å². The number of esters is 2. The first-order chi connectivity index (χ1) is 14.7. The van der Waals surface area contributed by atoms with Crippen molar-refractivity contribution in [2.45, 2.75) is 6.10 Å². The Bertz CT molecular complexity index is 824. The van der Waals surface area contributed by atoms with Gasteiger partial charge in [-0.2, -0.15) is 0 Å². The Hall–Kier alpha value is 0.220. The SMILES string of the molecule is [CH]C(=O)OCC(COC(=O)COc1c(I)cc(I)cc1I)OP(=O)([O-])OCC[N+](C)(C)C. The fraction of sp³-hybridized carbons (Fsp3) is 0.500. The molecule has 10 nitrogen and oxygen atoms in total. The van der Waals surface area contributed by atoms with Crippen LogP contribution in [0.15, 0.2) is 12.1 Å². The largest absolute Gasteiger partial charge is 0.756 e. The highest BCUT2D eigenvalue weighted by molar-refractivity contribution is 14.1. The molecular formula is C18H23I3NO9P. The molecule has 0 aliphatic carbocycles. The van der Waals surface area contributed by atoms with E-state index in [1.807, 2.05) is 33.3 Å². The monoisotopic (exact) mass is 809 g/mol. The smallest absolute Gasteiger partial charge is 0.344 e. The summed E-state index contributed by atoms with van der Waals surface area (Å²) in [6.45, 7) is 3.71. The van der Waals surface area contributed by atoms with E-state index in [0.717, 1.165) is 10.7 Å². The fourth-order valence-electron chi connectivity index (χ4n) is 1.95. The number of ether oxygens (including phenoxy) is 3. The second kappa shape index (κ2) is 13.9. The van der Waals surface area contributed by atoms with Gasteiger partial charge in [-0.25, -0.2) is 4.79 Å². The van der Waals surface area contributed by atoms with Gasteiger partial charge in [-0.1, -0.05) is 0 Å². The van der Waals surface area contributed by atoms with Gasteiger partial charge in [-0.15, -0.1) is 0 Å². The van der Waals surface area contributed by atoms with Crippen molar-refractivity contribution in [3.63, 3.8) is 0 Å². The van der Waals surface area contributed by atoms with Crippen molar-refractivity contribution in [1.82, 2.24) is 0 Å². The lowest BCUT2D eigenvalue weighted by molar-refractivity contribution is -0.870. The number of hydrogen-bond donors (Lipinski definition) is 0. The van der Waals surface area contributed by atoms with Crippen molar-refractivity contribution in [1.29, 1.82) is 0 Å². The molecule has 180 valence electrons. The van der Waals surface area contributed by atoms with Gasteiger partial charge >= 0.3 is 11.9 Å². The molecule has 0 amide bonds. The Balaban J connectivity index is 2.63. The summed E-state index contributed by atoms with van der Waals surface area (Å²) in [6.07, 6.45) is -1.34. The van der Waals surface area contributed by atoms with Crippen molar-refractivity contribution in [3.8, 4) is 5.75 Å². The van der Waals surface area contributed by atoms with Gasteiger partial charge < -0.3 is 32.6 Å². The average Bonchev–Trinajstić information content (AvgIpc) is 2.61. The number of halogens is 3. The molecule has 1 rings (SSSR count). The van der Waals surface area contributed by atoms with E-state index in [1.165, 1.54) is 0 Å². The maximum Gasteiger partial charge on any atom is 0.344 e. The molecule has 0 saturated carbocycles. The van der Waals surface area contributed by atoms with Crippen molar-refractivity contribution in [3.05, 3.63) is 29.8 Å². The van der Waals surface area contributed by atoms with Gasteiger partial charge in [0.25, 0.3) is 7.82 Å². The summed E-state index contributed by atoms with van der Waals surface area (Å²) >= 11 is 6.35. The fourth-order valence-corrected chi connectivity index (χ4v) is 6.70. The quantitative estimate of drug-likeness (QED) is 0.128.